The number of aliphatic hydroxyl groups is 2. The summed E-state index contributed by atoms with van der Waals surface area (Å²) in [5, 5.41) is 21.3. The van der Waals surface area contributed by atoms with E-state index in [1.165, 1.54) is 0 Å². The molecule has 4 saturated carbocycles. The Labute approximate surface area is 158 Å². The summed E-state index contributed by atoms with van der Waals surface area (Å²) in [5.74, 6) is 0.664. The van der Waals surface area contributed by atoms with E-state index in [1.54, 1.807) is 0 Å². The molecule has 0 aliphatic heterocycles. The van der Waals surface area contributed by atoms with Crippen LogP contribution in [0.3, 0.4) is 0 Å². The van der Waals surface area contributed by atoms with Crippen LogP contribution < -0.4 is 0 Å². The highest BCUT2D eigenvalue weighted by Crippen LogP contribution is 2.60. The molecule has 0 aromatic carbocycles. The smallest absolute Gasteiger partial charge is 0.315 e. The van der Waals surface area contributed by atoms with Crippen LogP contribution in [0.2, 0.25) is 0 Å². The summed E-state index contributed by atoms with van der Waals surface area (Å²) in [6.45, 7) is 12.1. The van der Waals surface area contributed by atoms with E-state index in [0.717, 1.165) is 32.1 Å². The lowest BCUT2D eigenvalue weighted by Gasteiger charge is -2.60. The summed E-state index contributed by atoms with van der Waals surface area (Å²) in [6.07, 6.45) is 5.77. The number of ether oxygens (including phenoxy) is 1. The maximum absolute atomic E-state index is 13.5. The van der Waals surface area contributed by atoms with Gasteiger partial charge in [-0.15, -0.1) is 0 Å². The minimum Gasteiger partial charge on any atom is -0.458 e. The number of hydrogen-bond donors (Lipinski definition) is 2. The minimum absolute atomic E-state index is 0.102. The lowest BCUT2D eigenvalue weighted by molar-refractivity contribution is -0.233. The Hall–Kier alpha value is -0.610. The van der Waals surface area contributed by atoms with E-state index in [9.17, 15) is 15.0 Å². The first-order valence-corrected chi connectivity index (χ1v) is 10.3. The molecule has 0 amide bonds. The van der Waals surface area contributed by atoms with E-state index in [0.29, 0.717) is 24.7 Å². The average molecular weight is 367 g/mol. The van der Waals surface area contributed by atoms with Gasteiger partial charge in [0.25, 0.3) is 0 Å². The van der Waals surface area contributed by atoms with E-state index in [4.69, 9.17) is 4.74 Å². The van der Waals surface area contributed by atoms with E-state index < -0.39 is 22.0 Å². The molecule has 150 valence electrons. The molecule has 0 aromatic heterocycles. The van der Waals surface area contributed by atoms with Gasteiger partial charge in [0.2, 0.25) is 0 Å². The maximum Gasteiger partial charge on any atom is 0.315 e. The third-order valence-electron chi connectivity index (χ3n) is 7.21. The van der Waals surface area contributed by atoms with Crippen molar-refractivity contribution < 1.29 is 19.7 Å². The monoisotopic (exact) mass is 366 g/mol. The van der Waals surface area contributed by atoms with Crippen LogP contribution in [0.4, 0.5) is 0 Å². The number of rotatable bonds is 4. The Morgan fingerprint density at radius 1 is 1.04 bits per heavy atom. The number of carbonyl (C=O) groups is 1. The number of aliphatic hydroxyl groups excluding tert-OH is 1. The van der Waals surface area contributed by atoms with Crippen LogP contribution in [0, 0.1) is 28.1 Å². The van der Waals surface area contributed by atoms with Gasteiger partial charge in [-0.05, 0) is 61.2 Å². The zero-order valence-corrected chi connectivity index (χ0v) is 17.5. The van der Waals surface area contributed by atoms with Gasteiger partial charge in [0.1, 0.15) is 5.60 Å². The second-order valence-corrected chi connectivity index (χ2v) is 12.0. The zero-order valence-electron chi connectivity index (χ0n) is 17.5. The van der Waals surface area contributed by atoms with Gasteiger partial charge in [0, 0.05) is 6.42 Å². The molecule has 0 spiro atoms. The summed E-state index contributed by atoms with van der Waals surface area (Å²) in [7, 11) is 0. The van der Waals surface area contributed by atoms with Crippen LogP contribution in [0.1, 0.15) is 86.5 Å². The fraction of sp³-hybridized carbons (Fsp3) is 0.955. The molecule has 2 N–H and O–H groups in total. The Morgan fingerprint density at radius 2 is 1.58 bits per heavy atom. The fourth-order valence-corrected chi connectivity index (χ4v) is 6.45. The van der Waals surface area contributed by atoms with Gasteiger partial charge in [0.05, 0.1) is 17.6 Å². The van der Waals surface area contributed by atoms with Gasteiger partial charge in [-0.1, -0.05) is 41.5 Å². The molecule has 0 saturated heterocycles. The number of esters is 1. The molecule has 0 heterocycles. The third kappa shape index (κ3) is 3.44. The Bertz CT molecular complexity index is 554. The molecule has 4 rings (SSSR count). The van der Waals surface area contributed by atoms with E-state index in [1.807, 2.05) is 20.8 Å². The zero-order chi connectivity index (χ0) is 19.6. The lowest BCUT2D eigenvalue weighted by atomic mass is 9.52. The quantitative estimate of drug-likeness (QED) is 0.736. The van der Waals surface area contributed by atoms with Crippen molar-refractivity contribution in [1.82, 2.24) is 0 Å². The fourth-order valence-electron chi connectivity index (χ4n) is 6.45. The Balaban J connectivity index is 1.89. The summed E-state index contributed by atoms with van der Waals surface area (Å²) >= 11 is 0. The number of carbonyl (C=O) groups excluding carboxylic acids is 1. The van der Waals surface area contributed by atoms with Crippen molar-refractivity contribution in [2.75, 3.05) is 6.61 Å². The molecule has 0 aromatic rings. The molecule has 3 atom stereocenters. The largest absolute Gasteiger partial charge is 0.458 e. The minimum atomic E-state index is -0.933. The molecular weight excluding hydrogens is 328 g/mol. The lowest BCUT2D eigenvalue weighted by Crippen LogP contribution is -2.62. The molecule has 4 fully saturated rings. The van der Waals surface area contributed by atoms with E-state index in [-0.39, 0.29) is 18.0 Å². The first kappa shape index (κ1) is 20.1. The summed E-state index contributed by atoms with van der Waals surface area (Å²) in [6, 6.07) is 0. The number of hydrogen-bond acceptors (Lipinski definition) is 4. The first-order valence-electron chi connectivity index (χ1n) is 10.3. The molecule has 4 bridgehead atoms. The third-order valence-corrected chi connectivity index (χ3v) is 7.21. The SMILES string of the molecule is CC(C)(C)CC(CO)(C(=O)OC12CC3CC(CC(O)(C3)C1)C2)C(C)(C)C. The standard InChI is InChI=1S/C22H38O4/c1-18(2,3)12-22(14-23,19(4,5)6)17(24)26-21-10-15-7-16(11-21)9-20(25,8-15)13-21/h15-16,23,25H,7-14H2,1-6H3. The molecule has 4 aliphatic carbocycles. The average Bonchev–Trinajstić information content (AvgIpc) is 2.38. The topological polar surface area (TPSA) is 66.8 Å². The highest BCUT2D eigenvalue weighted by Gasteiger charge is 2.61. The van der Waals surface area contributed by atoms with Crippen LogP contribution in [-0.2, 0) is 9.53 Å². The van der Waals surface area contributed by atoms with Crippen molar-refractivity contribution in [1.29, 1.82) is 0 Å². The van der Waals surface area contributed by atoms with Gasteiger partial charge in [-0.3, -0.25) is 4.79 Å². The van der Waals surface area contributed by atoms with Gasteiger partial charge < -0.3 is 14.9 Å². The highest BCUT2D eigenvalue weighted by molar-refractivity contribution is 5.78. The van der Waals surface area contributed by atoms with Crippen molar-refractivity contribution in [2.24, 2.45) is 28.1 Å². The van der Waals surface area contributed by atoms with Gasteiger partial charge in [-0.2, -0.15) is 0 Å². The van der Waals surface area contributed by atoms with Crippen molar-refractivity contribution in [3.8, 4) is 0 Å². The van der Waals surface area contributed by atoms with Crippen molar-refractivity contribution in [3.63, 3.8) is 0 Å². The van der Waals surface area contributed by atoms with Crippen molar-refractivity contribution >= 4 is 5.97 Å². The van der Waals surface area contributed by atoms with Crippen molar-refractivity contribution in [3.05, 3.63) is 0 Å². The van der Waals surface area contributed by atoms with E-state index >= 15 is 0 Å². The predicted octanol–water partition coefficient (Wildman–Crippen LogP) is 4.07. The molecule has 4 nitrogen and oxygen atoms in total. The second-order valence-electron chi connectivity index (χ2n) is 12.0. The predicted molar refractivity (Wildman–Crippen MR) is 102 cm³/mol. The Kier molecular flexibility index (Phi) is 4.60. The van der Waals surface area contributed by atoms with Crippen molar-refractivity contribution in [2.45, 2.75) is 97.7 Å². The van der Waals surface area contributed by atoms with Crippen LogP contribution in [0.15, 0.2) is 0 Å². The van der Waals surface area contributed by atoms with Gasteiger partial charge in [-0.25, -0.2) is 0 Å². The highest BCUT2D eigenvalue weighted by atomic mass is 16.6. The van der Waals surface area contributed by atoms with Gasteiger partial charge >= 0.3 is 5.97 Å². The second kappa shape index (κ2) is 5.94. The molecule has 4 heteroatoms. The summed E-state index contributed by atoms with van der Waals surface area (Å²) < 4.78 is 6.29. The molecule has 4 aliphatic rings. The molecular formula is C22H38O4. The van der Waals surface area contributed by atoms with Gasteiger partial charge in [0.15, 0.2) is 0 Å². The molecule has 0 radical (unpaired) electrons. The Morgan fingerprint density at radius 3 is 1.96 bits per heavy atom. The summed E-state index contributed by atoms with van der Waals surface area (Å²) in [5.41, 5.74) is -2.63. The maximum atomic E-state index is 13.5. The van der Waals surface area contributed by atoms with Crippen LogP contribution >= 0.6 is 0 Å². The summed E-state index contributed by atoms with van der Waals surface area (Å²) in [4.78, 5) is 13.5. The normalized spacial score (nSPS) is 38.9. The van der Waals surface area contributed by atoms with Crippen LogP contribution in [-0.4, -0.2) is 34.0 Å². The molecule has 3 unspecified atom stereocenters. The van der Waals surface area contributed by atoms with E-state index in [2.05, 4.69) is 20.8 Å². The molecule has 26 heavy (non-hydrogen) atoms. The first-order chi connectivity index (χ1) is 11.7. The van der Waals surface area contributed by atoms with Crippen LogP contribution in [0.25, 0.3) is 0 Å². The van der Waals surface area contributed by atoms with Crippen LogP contribution in [0.5, 0.6) is 0 Å².